The van der Waals surface area contributed by atoms with Crippen LogP contribution in [-0.4, -0.2) is 46.3 Å². The van der Waals surface area contributed by atoms with Gasteiger partial charge >= 0.3 is 11.9 Å². The third kappa shape index (κ3) is 6.06. The van der Waals surface area contributed by atoms with E-state index in [2.05, 4.69) is 25.7 Å². The SMILES string of the molecule is CCOC(=O)CN(CC(=O)OCC)c1ccccc1[Si](C)(C)C. The molecule has 0 saturated carbocycles. The normalized spacial score (nSPS) is 11.0. The van der Waals surface area contributed by atoms with Gasteiger partial charge in [0.25, 0.3) is 0 Å². The number of carbonyl (C=O) groups excluding carboxylic acids is 2. The lowest BCUT2D eigenvalue weighted by Gasteiger charge is -2.29. The number of hydrogen-bond acceptors (Lipinski definition) is 5. The lowest BCUT2D eigenvalue weighted by molar-refractivity contribution is -0.142. The molecule has 1 aromatic rings. The monoisotopic (exact) mass is 337 g/mol. The van der Waals surface area contributed by atoms with Gasteiger partial charge in [0, 0.05) is 5.69 Å². The molecule has 0 aliphatic rings. The standard InChI is InChI=1S/C17H27NO4Si/c1-6-21-16(19)12-18(13-17(20)22-7-2)14-10-8-9-11-15(14)23(3,4)5/h8-11H,6-7,12-13H2,1-5H3. The summed E-state index contributed by atoms with van der Waals surface area (Å²) in [5.41, 5.74) is 0.910. The molecule has 0 fully saturated rings. The maximum absolute atomic E-state index is 11.9. The van der Waals surface area contributed by atoms with Gasteiger partial charge in [-0.3, -0.25) is 9.59 Å². The van der Waals surface area contributed by atoms with E-state index in [1.165, 1.54) is 5.19 Å². The molecule has 0 N–H and O–H groups in total. The zero-order valence-corrected chi connectivity index (χ0v) is 15.7. The van der Waals surface area contributed by atoms with E-state index in [-0.39, 0.29) is 25.0 Å². The van der Waals surface area contributed by atoms with Crippen molar-refractivity contribution in [1.29, 1.82) is 0 Å². The summed E-state index contributed by atoms with van der Waals surface area (Å²) in [6, 6.07) is 7.93. The molecule has 0 aliphatic heterocycles. The Kier molecular flexibility index (Phi) is 7.29. The summed E-state index contributed by atoms with van der Waals surface area (Å²) >= 11 is 0. The first-order chi connectivity index (χ1) is 10.8. The molecule has 5 nitrogen and oxygen atoms in total. The average molecular weight is 337 g/mol. The molecular weight excluding hydrogens is 310 g/mol. The predicted molar refractivity (Wildman–Crippen MR) is 94.9 cm³/mol. The number of benzene rings is 1. The fraction of sp³-hybridized carbons (Fsp3) is 0.529. The smallest absolute Gasteiger partial charge is 0.325 e. The van der Waals surface area contributed by atoms with Crippen molar-refractivity contribution in [1.82, 2.24) is 0 Å². The molecule has 0 saturated heterocycles. The molecule has 0 radical (unpaired) electrons. The van der Waals surface area contributed by atoms with Crippen LogP contribution in [0.1, 0.15) is 13.8 Å². The second kappa shape index (κ2) is 8.72. The van der Waals surface area contributed by atoms with Gasteiger partial charge in [0.15, 0.2) is 0 Å². The van der Waals surface area contributed by atoms with Gasteiger partial charge in [0.1, 0.15) is 13.1 Å². The van der Waals surface area contributed by atoms with Crippen LogP contribution in [0.15, 0.2) is 24.3 Å². The van der Waals surface area contributed by atoms with Crippen molar-refractivity contribution in [3.05, 3.63) is 24.3 Å². The van der Waals surface area contributed by atoms with E-state index in [0.29, 0.717) is 13.2 Å². The molecule has 1 aromatic carbocycles. The summed E-state index contributed by atoms with van der Waals surface area (Å²) in [5.74, 6) is -0.690. The van der Waals surface area contributed by atoms with Crippen LogP contribution in [-0.2, 0) is 19.1 Å². The minimum absolute atomic E-state index is 0.0359. The number of para-hydroxylation sites is 1. The Morgan fingerprint density at radius 2 is 1.43 bits per heavy atom. The van der Waals surface area contributed by atoms with Crippen LogP contribution >= 0.6 is 0 Å². The molecule has 0 unspecified atom stereocenters. The summed E-state index contributed by atoms with van der Waals surface area (Å²) in [5, 5.41) is 1.20. The van der Waals surface area contributed by atoms with Crippen LogP contribution in [0.25, 0.3) is 0 Å². The zero-order valence-electron chi connectivity index (χ0n) is 14.7. The minimum Gasteiger partial charge on any atom is -0.465 e. The first-order valence-electron chi connectivity index (χ1n) is 7.95. The van der Waals surface area contributed by atoms with Gasteiger partial charge < -0.3 is 14.4 Å². The molecule has 6 heteroatoms. The van der Waals surface area contributed by atoms with E-state index in [4.69, 9.17) is 9.47 Å². The Labute approximate surface area is 139 Å². The highest BCUT2D eigenvalue weighted by Crippen LogP contribution is 2.17. The van der Waals surface area contributed by atoms with E-state index in [0.717, 1.165) is 5.69 Å². The third-order valence-corrected chi connectivity index (χ3v) is 5.34. The molecule has 0 spiro atoms. The molecular formula is C17H27NO4Si. The molecule has 1 rings (SSSR count). The number of ether oxygens (including phenoxy) is 2. The lowest BCUT2D eigenvalue weighted by atomic mass is 10.2. The number of hydrogen-bond donors (Lipinski definition) is 0. The highest BCUT2D eigenvalue weighted by Gasteiger charge is 2.25. The largest absolute Gasteiger partial charge is 0.465 e. The lowest BCUT2D eigenvalue weighted by Crippen LogP contribution is -2.45. The van der Waals surface area contributed by atoms with Crippen molar-refractivity contribution in [3.8, 4) is 0 Å². The Hall–Kier alpha value is -1.82. The predicted octanol–water partition coefficient (Wildman–Crippen LogP) is 2.16. The third-order valence-electron chi connectivity index (χ3n) is 3.30. The van der Waals surface area contributed by atoms with Gasteiger partial charge in [0.2, 0.25) is 0 Å². The zero-order chi connectivity index (χ0) is 17.5. The summed E-state index contributed by atoms with van der Waals surface area (Å²) in [4.78, 5) is 25.6. The van der Waals surface area contributed by atoms with E-state index >= 15 is 0 Å². The van der Waals surface area contributed by atoms with Crippen molar-refractivity contribution in [3.63, 3.8) is 0 Å². The van der Waals surface area contributed by atoms with E-state index in [1.54, 1.807) is 18.7 Å². The van der Waals surface area contributed by atoms with Crippen molar-refractivity contribution in [2.45, 2.75) is 33.5 Å². The van der Waals surface area contributed by atoms with Gasteiger partial charge in [-0.2, -0.15) is 0 Å². The van der Waals surface area contributed by atoms with E-state index < -0.39 is 8.07 Å². The van der Waals surface area contributed by atoms with Crippen LogP contribution in [0, 0.1) is 0 Å². The Bertz CT molecular complexity index is 520. The van der Waals surface area contributed by atoms with Gasteiger partial charge in [-0.15, -0.1) is 0 Å². The fourth-order valence-corrected chi connectivity index (χ4v) is 3.94. The first-order valence-corrected chi connectivity index (χ1v) is 11.4. The number of nitrogens with zero attached hydrogens (tertiary/aromatic N) is 1. The maximum Gasteiger partial charge on any atom is 0.325 e. The molecule has 128 valence electrons. The summed E-state index contributed by atoms with van der Waals surface area (Å²) < 4.78 is 10.1. The molecule has 0 atom stereocenters. The molecule has 23 heavy (non-hydrogen) atoms. The van der Waals surface area contributed by atoms with E-state index in [1.807, 2.05) is 18.2 Å². The van der Waals surface area contributed by atoms with Crippen molar-refractivity contribution >= 4 is 30.9 Å². The van der Waals surface area contributed by atoms with Gasteiger partial charge in [-0.1, -0.05) is 37.8 Å². The molecule has 0 aromatic heterocycles. The van der Waals surface area contributed by atoms with Crippen LogP contribution < -0.4 is 10.1 Å². The van der Waals surface area contributed by atoms with Crippen LogP contribution in [0.3, 0.4) is 0 Å². The highest BCUT2D eigenvalue weighted by molar-refractivity contribution is 6.89. The summed E-state index contributed by atoms with van der Waals surface area (Å²) in [7, 11) is -1.63. The van der Waals surface area contributed by atoms with Crippen LogP contribution in [0.4, 0.5) is 5.69 Å². The molecule has 0 amide bonds. The highest BCUT2D eigenvalue weighted by atomic mass is 28.3. The number of carbonyl (C=O) groups is 2. The van der Waals surface area contributed by atoms with Gasteiger partial charge in [-0.25, -0.2) is 0 Å². The van der Waals surface area contributed by atoms with Crippen LogP contribution in [0.2, 0.25) is 19.6 Å². The molecule has 0 bridgehead atoms. The number of anilines is 1. The molecule has 0 heterocycles. The van der Waals surface area contributed by atoms with Crippen molar-refractivity contribution < 1.29 is 19.1 Å². The molecule has 0 aliphatic carbocycles. The fourth-order valence-electron chi connectivity index (χ4n) is 2.33. The summed E-state index contributed by atoms with van der Waals surface area (Å²) in [6.07, 6.45) is 0. The Morgan fingerprint density at radius 3 is 1.87 bits per heavy atom. The van der Waals surface area contributed by atoms with Gasteiger partial charge in [-0.05, 0) is 25.1 Å². The van der Waals surface area contributed by atoms with E-state index in [9.17, 15) is 9.59 Å². The Balaban J connectivity index is 3.13. The number of esters is 2. The van der Waals surface area contributed by atoms with Gasteiger partial charge in [0.05, 0.1) is 21.3 Å². The number of rotatable bonds is 8. The van der Waals surface area contributed by atoms with Crippen molar-refractivity contribution in [2.75, 3.05) is 31.2 Å². The first kappa shape index (κ1) is 19.2. The quantitative estimate of drug-likeness (QED) is 0.537. The second-order valence-corrected chi connectivity index (χ2v) is 11.3. The summed E-state index contributed by atoms with van der Waals surface area (Å²) in [6.45, 7) is 11.0. The topological polar surface area (TPSA) is 55.8 Å². The average Bonchev–Trinajstić information content (AvgIpc) is 2.46. The second-order valence-electron chi connectivity index (χ2n) is 6.23. The van der Waals surface area contributed by atoms with Crippen LogP contribution in [0.5, 0.6) is 0 Å². The maximum atomic E-state index is 11.9. The minimum atomic E-state index is -1.63. The van der Waals surface area contributed by atoms with Crippen molar-refractivity contribution in [2.24, 2.45) is 0 Å². The Morgan fingerprint density at radius 1 is 0.957 bits per heavy atom.